The van der Waals surface area contributed by atoms with E-state index < -0.39 is 5.97 Å². The molecular formula is C26H24O4. The number of carbonyl (C=O) groups excluding carboxylic acids is 2. The zero-order valence-electron chi connectivity index (χ0n) is 16.8. The largest absolute Gasteiger partial charge is 0.458 e. The van der Waals surface area contributed by atoms with E-state index in [1.165, 1.54) is 22.3 Å². The van der Waals surface area contributed by atoms with Gasteiger partial charge in [-0.1, -0.05) is 42.5 Å². The maximum Gasteiger partial charge on any atom is 0.338 e. The fourth-order valence-electron chi connectivity index (χ4n) is 4.67. The molecule has 0 aliphatic heterocycles. The summed E-state index contributed by atoms with van der Waals surface area (Å²) in [4.78, 5) is 25.3. The summed E-state index contributed by atoms with van der Waals surface area (Å²) in [6.07, 6.45) is 9.37. The molecular weight excluding hydrogens is 376 g/mol. The molecule has 1 fully saturated rings. The molecule has 4 heteroatoms. The van der Waals surface area contributed by atoms with E-state index in [0.29, 0.717) is 11.1 Å². The highest BCUT2D eigenvalue weighted by Gasteiger charge is 2.29. The Morgan fingerprint density at radius 1 is 0.667 bits per heavy atom. The molecule has 0 spiro atoms. The minimum absolute atomic E-state index is 0.124. The van der Waals surface area contributed by atoms with Gasteiger partial charge in [0, 0.05) is 25.7 Å². The smallest absolute Gasteiger partial charge is 0.338 e. The molecule has 0 aromatic heterocycles. The van der Waals surface area contributed by atoms with E-state index in [4.69, 9.17) is 9.47 Å². The number of ether oxygens (including phenoxy) is 2. The van der Waals surface area contributed by atoms with Gasteiger partial charge >= 0.3 is 11.9 Å². The van der Waals surface area contributed by atoms with Crippen LogP contribution in [0.25, 0.3) is 0 Å². The summed E-state index contributed by atoms with van der Waals surface area (Å²) in [7, 11) is 0. The summed E-state index contributed by atoms with van der Waals surface area (Å²) in [5, 5.41) is 0. The third kappa shape index (κ3) is 3.82. The van der Waals surface area contributed by atoms with Crippen molar-refractivity contribution in [2.45, 2.75) is 50.7 Å². The Morgan fingerprint density at radius 2 is 1.17 bits per heavy atom. The fourth-order valence-corrected chi connectivity index (χ4v) is 4.67. The van der Waals surface area contributed by atoms with Crippen molar-refractivity contribution in [3.8, 4) is 0 Å². The van der Waals surface area contributed by atoms with Crippen molar-refractivity contribution in [3.63, 3.8) is 0 Å². The average molecular weight is 400 g/mol. The maximum atomic E-state index is 12.7. The second kappa shape index (κ2) is 7.94. The van der Waals surface area contributed by atoms with Crippen LogP contribution in [0.1, 0.15) is 57.5 Å². The normalized spacial score (nSPS) is 18.3. The third-order valence-corrected chi connectivity index (χ3v) is 6.15. The summed E-state index contributed by atoms with van der Waals surface area (Å²) in [6.45, 7) is 0. The van der Waals surface area contributed by atoms with Crippen molar-refractivity contribution in [1.82, 2.24) is 0 Å². The standard InChI is InChI=1S/C26H24O4/c27-25(29-23-13-17-6-1-2-7-18(17)14-23)21-10-5-11-22(12-21)26(28)30-24-15-19-8-3-4-9-20(19)16-24/h1-2,5-12,23-24H,3-4,13-16H2. The first-order valence-electron chi connectivity index (χ1n) is 10.6. The molecule has 0 saturated heterocycles. The van der Waals surface area contributed by atoms with E-state index in [1.54, 1.807) is 24.3 Å². The van der Waals surface area contributed by atoms with Crippen molar-refractivity contribution in [1.29, 1.82) is 0 Å². The summed E-state index contributed by atoms with van der Waals surface area (Å²) in [5.41, 5.74) is 5.86. The Labute approximate surface area is 176 Å². The van der Waals surface area contributed by atoms with E-state index in [2.05, 4.69) is 24.3 Å². The van der Waals surface area contributed by atoms with Crippen LogP contribution in [0.5, 0.6) is 0 Å². The summed E-state index contributed by atoms with van der Waals surface area (Å²) >= 11 is 0. The summed E-state index contributed by atoms with van der Waals surface area (Å²) in [6, 6.07) is 14.8. The number of rotatable bonds is 4. The van der Waals surface area contributed by atoms with Crippen LogP contribution in [0.3, 0.4) is 0 Å². The highest BCUT2D eigenvalue weighted by Crippen LogP contribution is 2.36. The molecule has 2 aromatic carbocycles. The minimum atomic E-state index is -0.398. The van der Waals surface area contributed by atoms with Crippen molar-refractivity contribution in [3.05, 3.63) is 94.1 Å². The Morgan fingerprint density at radius 3 is 1.70 bits per heavy atom. The number of hydrogen-bond acceptors (Lipinski definition) is 4. The van der Waals surface area contributed by atoms with Gasteiger partial charge in [-0.2, -0.15) is 0 Å². The van der Waals surface area contributed by atoms with Gasteiger partial charge in [0.05, 0.1) is 11.1 Å². The van der Waals surface area contributed by atoms with Gasteiger partial charge in [-0.3, -0.25) is 0 Å². The molecule has 152 valence electrons. The van der Waals surface area contributed by atoms with Gasteiger partial charge in [0.25, 0.3) is 0 Å². The van der Waals surface area contributed by atoms with Crippen LogP contribution in [-0.2, 0) is 22.3 Å². The van der Waals surface area contributed by atoms with E-state index in [9.17, 15) is 9.59 Å². The lowest BCUT2D eigenvalue weighted by Gasteiger charge is -2.13. The third-order valence-electron chi connectivity index (χ3n) is 6.15. The molecule has 2 aromatic rings. The van der Waals surface area contributed by atoms with Crippen LogP contribution >= 0.6 is 0 Å². The number of allylic oxidation sites excluding steroid dienone is 2. The summed E-state index contributed by atoms with van der Waals surface area (Å²) in [5.74, 6) is -0.785. The summed E-state index contributed by atoms with van der Waals surface area (Å²) < 4.78 is 11.4. The number of hydrogen-bond donors (Lipinski definition) is 0. The van der Waals surface area contributed by atoms with Crippen LogP contribution in [-0.4, -0.2) is 24.1 Å². The molecule has 0 atom stereocenters. The first kappa shape index (κ1) is 18.9. The molecule has 5 rings (SSSR count). The molecule has 30 heavy (non-hydrogen) atoms. The van der Waals surface area contributed by atoms with E-state index in [0.717, 1.165) is 38.5 Å². The van der Waals surface area contributed by atoms with Crippen molar-refractivity contribution >= 4 is 11.9 Å². The molecule has 3 aliphatic carbocycles. The van der Waals surface area contributed by atoms with Crippen molar-refractivity contribution in [2.75, 3.05) is 0 Å². The second-order valence-corrected chi connectivity index (χ2v) is 8.26. The maximum absolute atomic E-state index is 12.7. The van der Waals surface area contributed by atoms with E-state index >= 15 is 0 Å². The van der Waals surface area contributed by atoms with Gasteiger partial charge in [0.1, 0.15) is 12.2 Å². The molecule has 0 unspecified atom stereocenters. The van der Waals surface area contributed by atoms with Crippen molar-refractivity contribution in [2.24, 2.45) is 0 Å². The molecule has 1 saturated carbocycles. The first-order chi connectivity index (χ1) is 14.7. The van der Waals surface area contributed by atoms with Gasteiger partial charge in [0.15, 0.2) is 0 Å². The van der Waals surface area contributed by atoms with Crippen LogP contribution in [0.4, 0.5) is 0 Å². The molecule has 0 heterocycles. The second-order valence-electron chi connectivity index (χ2n) is 8.26. The van der Waals surface area contributed by atoms with E-state index in [-0.39, 0.29) is 18.2 Å². The molecule has 3 aliphatic rings. The van der Waals surface area contributed by atoms with Gasteiger partial charge in [0.2, 0.25) is 0 Å². The topological polar surface area (TPSA) is 52.6 Å². The molecule has 0 radical (unpaired) electrons. The lowest BCUT2D eigenvalue weighted by atomic mass is 10.0. The number of carbonyl (C=O) groups is 2. The number of benzene rings is 2. The Bertz CT molecular complexity index is 1020. The zero-order valence-corrected chi connectivity index (χ0v) is 16.8. The fraction of sp³-hybridized carbons (Fsp3) is 0.308. The Hall–Kier alpha value is -3.14. The molecule has 0 bridgehead atoms. The van der Waals surface area contributed by atoms with Gasteiger partial charge < -0.3 is 9.47 Å². The van der Waals surface area contributed by atoms with Crippen LogP contribution in [0.15, 0.2) is 71.8 Å². The van der Waals surface area contributed by atoms with Gasteiger partial charge in [-0.05, 0) is 53.3 Å². The van der Waals surface area contributed by atoms with Crippen LogP contribution in [0.2, 0.25) is 0 Å². The van der Waals surface area contributed by atoms with Crippen LogP contribution < -0.4 is 0 Å². The predicted octanol–water partition coefficient (Wildman–Crippen LogP) is 4.98. The lowest BCUT2D eigenvalue weighted by molar-refractivity contribution is 0.0325. The quantitative estimate of drug-likeness (QED) is 0.680. The molecule has 0 amide bonds. The predicted molar refractivity (Wildman–Crippen MR) is 113 cm³/mol. The monoisotopic (exact) mass is 400 g/mol. The first-order valence-corrected chi connectivity index (χ1v) is 10.6. The highest BCUT2D eigenvalue weighted by atomic mass is 16.5. The van der Waals surface area contributed by atoms with Crippen molar-refractivity contribution < 1.29 is 19.1 Å². The average Bonchev–Trinajstić information content (AvgIpc) is 3.36. The molecule has 0 N–H and O–H groups in total. The number of esters is 2. The van der Waals surface area contributed by atoms with E-state index in [1.807, 2.05) is 12.1 Å². The number of fused-ring (bicyclic) bond motifs is 2. The SMILES string of the molecule is O=C(OC1CC2=CCCC=C2C1)c1cccc(C(=O)OC2Cc3ccccc3C2)c1. The van der Waals surface area contributed by atoms with Gasteiger partial charge in [-0.25, -0.2) is 9.59 Å². The molecule has 4 nitrogen and oxygen atoms in total. The Kier molecular flexibility index (Phi) is 4.99. The highest BCUT2D eigenvalue weighted by molar-refractivity contribution is 5.95. The van der Waals surface area contributed by atoms with Gasteiger partial charge in [-0.15, -0.1) is 0 Å². The Balaban J connectivity index is 1.22. The minimum Gasteiger partial charge on any atom is -0.458 e. The zero-order chi connectivity index (χ0) is 20.5. The lowest BCUT2D eigenvalue weighted by Crippen LogP contribution is -2.19. The van der Waals surface area contributed by atoms with Crippen LogP contribution in [0, 0.1) is 0 Å².